The van der Waals surface area contributed by atoms with Gasteiger partial charge in [-0.25, -0.2) is 0 Å². The summed E-state index contributed by atoms with van der Waals surface area (Å²) in [4.78, 5) is 18.3. The molecule has 1 unspecified atom stereocenters. The molecule has 144 valence electrons. The fraction of sp³-hybridized carbons (Fsp3) is 0.500. The van der Waals surface area contributed by atoms with E-state index in [1.54, 1.807) is 11.3 Å². The normalized spacial score (nSPS) is 22.4. The van der Waals surface area contributed by atoms with E-state index in [9.17, 15) is 9.90 Å². The lowest BCUT2D eigenvalue weighted by atomic mass is 9.71. The molecular formula is C22H28N2O2S. The summed E-state index contributed by atoms with van der Waals surface area (Å²) < 4.78 is 0. The highest BCUT2D eigenvalue weighted by atomic mass is 32.1. The van der Waals surface area contributed by atoms with Crippen LogP contribution in [-0.4, -0.2) is 53.6 Å². The maximum absolute atomic E-state index is 12.6. The first-order chi connectivity index (χ1) is 13.2. The first-order valence-electron chi connectivity index (χ1n) is 9.86. The number of aliphatic hydroxyl groups is 1. The molecule has 3 heterocycles. The topological polar surface area (TPSA) is 43.8 Å². The Hall–Kier alpha value is -1.69. The summed E-state index contributed by atoms with van der Waals surface area (Å²) >= 11 is 1.65. The Morgan fingerprint density at radius 2 is 1.93 bits per heavy atom. The predicted octanol–water partition coefficient (Wildman–Crippen LogP) is 3.02. The van der Waals surface area contributed by atoms with Crippen molar-refractivity contribution in [3.05, 3.63) is 58.3 Å². The van der Waals surface area contributed by atoms with E-state index in [2.05, 4.69) is 35.2 Å². The lowest BCUT2D eigenvalue weighted by Crippen LogP contribution is -2.47. The number of aliphatic hydroxyl groups excluding tert-OH is 1. The number of nitrogens with zero attached hydrogens (tertiary/aromatic N) is 2. The first-order valence-corrected chi connectivity index (χ1v) is 10.7. The Kier molecular flexibility index (Phi) is 5.62. The highest BCUT2D eigenvalue weighted by Gasteiger charge is 2.47. The second-order valence-electron chi connectivity index (χ2n) is 8.03. The maximum Gasteiger partial charge on any atom is 0.227 e. The van der Waals surface area contributed by atoms with Gasteiger partial charge in [0.15, 0.2) is 0 Å². The fourth-order valence-electron chi connectivity index (χ4n) is 4.80. The zero-order chi connectivity index (χ0) is 18.7. The second-order valence-corrected chi connectivity index (χ2v) is 9.07. The highest BCUT2D eigenvalue weighted by molar-refractivity contribution is 7.10. The molecule has 0 radical (unpaired) electrons. The molecule has 1 atom stereocenters. The summed E-state index contributed by atoms with van der Waals surface area (Å²) in [5, 5.41) is 12.0. The molecule has 4 nitrogen and oxygen atoms in total. The Morgan fingerprint density at radius 1 is 1.15 bits per heavy atom. The maximum atomic E-state index is 12.6. The van der Waals surface area contributed by atoms with Crippen molar-refractivity contribution in [3.63, 3.8) is 0 Å². The molecule has 2 aromatic rings. The molecule has 5 heteroatoms. The SMILES string of the molecule is O=C(Cc1cccs1)N1CCC2(CC1)CN(Cc1ccccc1)CC2CO. The summed E-state index contributed by atoms with van der Waals surface area (Å²) in [5.41, 5.74) is 1.48. The largest absolute Gasteiger partial charge is 0.396 e. The first kappa shape index (κ1) is 18.7. The number of benzene rings is 1. The van der Waals surface area contributed by atoms with Crippen LogP contribution < -0.4 is 0 Å². The van der Waals surface area contributed by atoms with Crippen molar-refractivity contribution in [1.29, 1.82) is 0 Å². The third kappa shape index (κ3) is 4.10. The molecule has 1 amide bonds. The zero-order valence-corrected chi connectivity index (χ0v) is 16.5. The summed E-state index contributed by atoms with van der Waals surface area (Å²) in [7, 11) is 0. The standard InChI is InChI=1S/C22H28N2O2S/c25-16-19-15-23(14-18-5-2-1-3-6-18)17-22(19)8-10-24(11-9-22)21(26)13-20-7-4-12-27-20/h1-7,12,19,25H,8-11,13-17H2. The van der Waals surface area contributed by atoms with Crippen molar-refractivity contribution < 1.29 is 9.90 Å². The molecule has 4 rings (SSSR count). The lowest BCUT2D eigenvalue weighted by Gasteiger charge is -2.42. The average Bonchev–Trinajstić information content (AvgIpc) is 3.31. The molecule has 1 aromatic heterocycles. The minimum absolute atomic E-state index is 0.156. The van der Waals surface area contributed by atoms with Crippen LogP contribution >= 0.6 is 11.3 Å². The van der Waals surface area contributed by atoms with Gasteiger partial charge in [0.1, 0.15) is 0 Å². The van der Waals surface area contributed by atoms with Gasteiger partial charge in [-0.05, 0) is 35.3 Å². The quantitative estimate of drug-likeness (QED) is 0.862. The second kappa shape index (κ2) is 8.13. The smallest absolute Gasteiger partial charge is 0.227 e. The highest BCUT2D eigenvalue weighted by Crippen LogP contribution is 2.45. The van der Waals surface area contributed by atoms with Gasteiger partial charge < -0.3 is 10.0 Å². The van der Waals surface area contributed by atoms with Crippen molar-refractivity contribution in [2.45, 2.75) is 25.8 Å². The third-order valence-corrected chi connectivity index (χ3v) is 7.25. The summed E-state index contributed by atoms with van der Waals surface area (Å²) in [5.74, 6) is 0.558. The molecule has 1 aromatic carbocycles. The van der Waals surface area contributed by atoms with Crippen LogP contribution in [0.1, 0.15) is 23.3 Å². The number of hydrogen-bond donors (Lipinski definition) is 1. The third-order valence-electron chi connectivity index (χ3n) is 6.37. The molecule has 0 saturated carbocycles. The van der Waals surface area contributed by atoms with E-state index < -0.39 is 0 Å². The van der Waals surface area contributed by atoms with Gasteiger partial charge in [0.05, 0.1) is 6.42 Å². The molecule has 2 fully saturated rings. The number of likely N-dealkylation sites (tertiary alicyclic amines) is 2. The van der Waals surface area contributed by atoms with E-state index >= 15 is 0 Å². The lowest BCUT2D eigenvalue weighted by molar-refractivity contribution is -0.133. The zero-order valence-electron chi connectivity index (χ0n) is 15.7. The van der Waals surface area contributed by atoms with E-state index in [0.717, 1.165) is 50.4 Å². The van der Waals surface area contributed by atoms with E-state index in [1.807, 2.05) is 22.4 Å². The van der Waals surface area contributed by atoms with Crippen molar-refractivity contribution in [1.82, 2.24) is 9.80 Å². The van der Waals surface area contributed by atoms with Gasteiger partial charge in [0, 0.05) is 50.1 Å². The number of rotatable bonds is 5. The number of thiophene rings is 1. The Balaban J connectivity index is 1.36. The van der Waals surface area contributed by atoms with E-state index in [4.69, 9.17) is 0 Å². The summed E-state index contributed by atoms with van der Waals surface area (Å²) in [6.07, 6.45) is 2.52. The van der Waals surface area contributed by atoms with Gasteiger partial charge in [-0.1, -0.05) is 36.4 Å². The molecule has 2 aliphatic heterocycles. The molecule has 0 bridgehead atoms. The molecule has 27 heavy (non-hydrogen) atoms. The number of carbonyl (C=O) groups is 1. The van der Waals surface area contributed by atoms with Crippen molar-refractivity contribution >= 4 is 17.2 Å². The average molecular weight is 385 g/mol. The predicted molar refractivity (Wildman–Crippen MR) is 109 cm³/mol. The Labute approximate surface area is 165 Å². The number of amides is 1. The number of carbonyl (C=O) groups excluding carboxylic acids is 1. The van der Waals surface area contributed by atoms with Crippen LogP contribution in [0.4, 0.5) is 0 Å². The van der Waals surface area contributed by atoms with Gasteiger partial charge in [-0.15, -0.1) is 11.3 Å². The van der Waals surface area contributed by atoms with Gasteiger partial charge >= 0.3 is 0 Å². The van der Waals surface area contributed by atoms with Crippen LogP contribution in [0, 0.1) is 11.3 Å². The Bertz CT molecular complexity index is 739. The van der Waals surface area contributed by atoms with E-state index in [1.165, 1.54) is 5.56 Å². The number of piperidine rings is 1. The van der Waals surface area contributed by atoms with Crippen molar-refractivity contribution in [2.24, 2.45) is 11.3 Å². The molecule has 0 aliphatic carbocycles. The molecular weight excluding hydrogens is 356 g/mol. The molecule has 2 saturated heterocycles. The van der Waals surface area contributed by atoms with Crippen LogP contribution in [-0.2, 0) is 17.8 Å². The monoisotopic (exact) mass is 384 g/mol. The minimum Gasteiger partial charge on any atom is -0.396 e. The molecule has 1 N–H and O–H groups in total. The van der Waals surface area contributed by atoms with Gasteiger partial charge in [-0.2, -0.15) is 0 Å². The van der Waals surface area contributed by atoms with Gasteiger partial charge in [0.2, 0.25) is 5.91 Å². The van der Waals surface area contributed by atoms with Crippen LogP contribution in [0.5, 0.6) is 0 Å². The minimum atomic E-state index is 0.156. The van der Waals surface area contributed by atoms with E-state index in [0.29, 0.717) is 12.3 Å². The Morgan fingerprint density at radius 3 is 2.59 bits per heavy atom. The van der Waals surface area contributed by atoms with E-state index in [-0.39, 0.29) is 17.9 Å². The van der Waals surface area contributed by atoms with Crippen molar-refractivity contribution in [2.75, 3.05) is 32.8 Å². The van der Waals surface area contributed by atoms with Crippen LogP contribution in [0.3, 0.4) is 0 Å². The van der Waals surface area contributed by atoms with Crippen LogP contribution in [0.2, 0.25) is 0 Å². The summed E-state index contributed by atoms with van der Waals surface area (Å²) in [6.45, 7) is 4.81. The van der Waals surface area contributed by atoms with Crippen LogP contribution in [0.15, 0.2) is 47.8 Å². The fourth-order valence-corrected chi connectivity index (χ4v) is 5.50. The van der Waals surface area contributed by atoms with Crippen molar-refractivity contribution in [3.8, 4) is 0 Å². The van der Waals surface area contributed by atoms with Gasteiger partial charge in [-0.3, -0.25) is 9.69 Å². The number of hydrogen-bond acceptors (Lipinski definition) is 4. The molecule has 1 spiro atoms. The summed E-state index contributed by atoms with van der Waals surface area (Å²) in [6, 6.07) is 14.6. The molecule has 2 aliphatic rings. The van der Waals surface area contributed by atoms with Crippen LogP contribution in [0.25, 0.3) is 0 Å². The van der Waals surface area contributed by atoms with Gasteiger partial charge in [0.25, 0.3) is 0 Å².